The maximum absolute atomic E-state index is 12.3. The molecule has 3 N–H and O–H groups in total. The number of carbonyl (C=O) groups is 2. The topological polar surface area (TPSA) is 72.2 Å². The Hall–Kier alpha value is -1.84. The van der Waals surface area contributed by atoms with Gasteiger partial charge in [-0.1, -0.05) is 18.6 Å². The lowest BCUT2D eigenvalue weighted by Crippen LogP contribution is -2.28. The largest absolute Gasteiger partial charge is 0.366 e. The van der Waals surface area contributed by atoms with Gasteiger partial charge in [-0.05, 0) is 43.2 Å². The second-order valence-electron chi connectivity index (χ2n) is 5.68. The van der Waals surface area contributed by atoms with Crippen molar-refractivity contribution < 1.29 is 9.59 Å². The predicted octanol–water partition coefficient (Wildman–Crippen LogP) is 2.16. The van der Waals surface area contributed by atoms with Gasteiger partial charge in [0.25, 0.3) is 5.91 Å². The average molecular weight is 258 g/mol. The van der Waals surface area contributed by atoms with E-state index in [-0.39, 0.29) is 11.8 Å². The summed E-state index contributed by atoms with van der Waals surface area (Å²) < 4.78 is 0. The van der Waals surface area contributed by atoms with E-state index in [2.05, 4.69) is 5.32 Å². The average Bonchev–Trinajstić information content (AvgIpc) is 3.01. The minimum absolute atomic E-state index is 0.0425. The van der Waals surface area contributed by atoms with E-state index in [0.717, 1.165) is 12.3 Å². The fourth-order valence-electron chi connectivity index (χ4n) is 3.60. The molecular weight excluding hydrogens is 240 g/mol. The number of amides is 2. The van der Waals surface area contributed by atoms with Crippen molar-refractivity contribution >= 4 is 17.5 Å². The predicted molar refractivity (Wildman–Crippen MR) is 72.5 cm³/mol. The van der Waals surface area contributed by atoms with Crippen LogP contribution in [0.1, 0.15) is 36.0 Å². The third kappa shape index (κ3) is 2.23. The van der Waals surface area contributed by atoms with Crippen LogP contribution in [0.3, 0.4) is 0 Å². The number of benzene rings is 1. The van der Waals surface area contributed by atoms with Crippen molar-refractivity contribution in [3.8, 4) is 0 Å². The molecule has 0 heterocycles. The summed E-state index contributed by atoms with van der Waals surface area (Å²) in [5.74, 6) is 0.905. The first-order chi connectivity index (χ1) is 9.15. The summed E-state index contributed by atoms with van der Waals surface area (Å²) in [5, 5.41) is 2.88. The van der Waals surface area contributed by atoms with Crippen molar-refractivity contribution in [1.82, 2.24) is 0 Å². The zero-order valence-electron chi connectivity index (χ0n) is 10.8. The van der Waals surface area contributed by atoms with Crippen molar-refractivity contribution in [2.24, 2.45) is 23.5 Å². The molecule has 2 amide bonds. The fraction of sp³-hybridized carbons (Fsp3) is 0.467. The molecule has 0 radical (unpaired) electrons. The second kappa shape index (κ2) is 4.68. The van der Waals surface area contributed by atoms with Crippen LogP contribution in [-0.2, 0) is 4.79 Å². The van der Waals surface area contributed by atoms with E-state index in [0.29, 0.717) is 17.2 Å². The van der Waals surface area contributed by atoms with Gasteiger partial charge in [-0.15, -0.1) is 0 Å². The van der Waals surface area contributed by atoms with Crippen LogP contribution in [-0.4, -0.2) is 11.8 Å². The lowest BCUT2D eigenvalue weighted by Gasteiger charge is -2.21. The zero-order valence-corrected chi connectivity index (χ0v) is 10.8. The number of anilines is 1. The third-order valence-electron chi connectivity index (χ3n) is 4.53. The van der Waals surface area contributed by atoms with Crippen molar-refractivity contribution in [2.75, 3.05) is 5.32 Å². The monoisotopic (exact) mass is 258 g/mol. The Bertz CT molecular complexity index is 527. The zero-order chi connectivity index (χ0) is 13.4. The molecule has 2 saturated carbocycles. The standard InChI is InChI=1S/C15H18N2O2/c16-14(18)11-3-1-2-4-13(11)17-15(19)12-8-9-5-6-10(12)7-9/h1-4,9-10,12H,5-8H2,(H2,16,18)(H,17,19)/t9-,10-,12-/m0/s1. The van der Waals surface area contributed by atoms with Gasteiger partial charge >= 0.3 is 0 Å². The Labute approximate surface area is 112 Å². The van der Waals surface area contributed by atoms with Crippen LogP contribution in [0.4, 0.5) is 5.69 Å². The highest BCUT2D eigenvalue weighted by atomic mass is 16.2. The van der Waals surface area contributed by atoms with Crippen LogP contribution in [0.25, 0.3) is 0 Å². The molecule has 3 atom stereocenters. The molecule has 2 fully saturated rings. The molecule has 2 aliphatic carbocycles. The first kappa shape index (κ1) is 12.2. The van der Waals surface area contributed by atoms with Crippen LogP contribution in [0.5, 0.6) is 0 Å². The van der Waals surface area contributed by atoms with Gasteiger partial charge in [0.15, 0.2) is 0 Å². The smallest absolute Gasteiger partial charge is 0.250 e. The van der Waals surface area contributed by atoms with Crippen LogP contribution in [0.15, 0.2) is 24.3 Å². The Morgan fingerprint density at radius 1 is 1.16 bits per heavy atom. The maximum Gasteiger partial charge on any atom is 0.250 e. The number of hydrogen-bond donors (Lipinski definition) is 2. The molecule has 4 nitrogen and oxygen atoms in total. The van der Waals surface area contributed by atoms with E-state index in [1.165, 1.54) is 19.3 Å². The van der Waals surface area contributed by atoms with Crippen molar-refractivity contribution in [3.63, 3.8) is 0 Å². The maximum atomic E-state index is 12.3. The summed E-state index contributed by atoms with van der Waals surface area (Å²) in [5.41, 5.74) is 6.22. The van der Waals surface area contributed by atoms with Gasteiger partial charge in [-0.25, -0.2) is 0 Å². The number of nitrogens with two attached hydrogens (primary N) is 1. The third-order valence-corrected chi connectivity index (χ3v) is 4.53. The summed E-state index contributed by atoms with van der Waals surface area (Å²) in [4.78, 5) is 23.6. The van der Waals surface area contributed by atoms with Gasteiger partial charge in [-0.2, -0.15) is 0 Å². The number of rotatable bonds is 3. The Balaban J connectivity index is 1.75. The molecule has 0 spiro atoms. The van der Waals surface area contributed by atoms with Gasteiger partial charge < -0.3 is 11.1 Å². The molecule has 19 heavy (non-hydrogen) atoms. The molecule has 3 rings (SSSR count). The Morgan fingerprint density at radius 2 is 1.95 bits per heavy atom. The molecule has 0 unspecified atom stereocenters. The van der Waals surface area contributed by atoms with Gasteiger partial charge in [0.1, 0.15) is 0 Å². The summed E-state index contributed by atoms with van der Waals surface area (Å²) in [7, 11) is 0. The van der Waals surface area contributed by atoms with Gasteiger partial charge in [0, 0.05) is 5.92 Å². The number of para-hydroxylation sites is 1. The van der Waals surface area contributed by atoms with E-state index in [9.17, 15) is 9.59 Å². The number of nitrogens with one attached hydrogen (secondary N) is 1. The highest BCUT2D eigenvalue weighted by Crippen LogP contribution is 2.48. The van der Waals surface area contributed by atoms with E-state index < -0.39 is 5.91 Å². The molecule has 4 heteroatoms. The first-order valence-corrected chi connectivity index (χ1v) is 6.85. The lowest BCUT2D eigenvalue weighted by molar-refractivity contribution is -0.121. The van der Waals surface area contributed by atoms with E-state index in [1.807, 2.05) is 0 Å². The SMILES string of the molecule is NC(=O)c1ccccc1NC(=O)[C@H]1C[C@H]2CC[C@H]1C2. The molecule has 0 aromatic heterocycles. The summed E-state index contributed by atoms with van der Waals surface area (Å²) in [6, 6.07) is 6.90. The molecule has 1 aromatic carbocycles. The molecule has 2 aliphatic rings. The number of fused-ring (bicyclic) bond motifs is 2. The Morgan fingerprint density at radius 3 is 2.58 bits per heavy atom. The first-order valence-electron chi connectivity index (χ1n) is 6.85. The lowest BCUT2D eigenvalue weighted by atomic mass is 9.88. The van der Waals surface area contributed by atoms with Crippen LogP contribution in [0.2, 0.25) is 0 Å². The molecule has 0 saturated heterocycles. The van der Waals surface area contributed by atoms with E-state index in [1.54, 1.807) is 24.3 Å². The summed E-state index contributed by atoms with van der Waals surface area (Å²) >= 11 is 0. The summed E-state index contributed by atoms with van der Waals surface area (Å²) in [6.45, 7) is 0. The van der Waals surface area contributed by atoms with Crippen LogP contribution < -0.4 is 11.1 Å². The molecule has 0 aliphatic heterocycles. The second-order valence-corrected chi connectivity index (χ2v) is 5.68. The number of carbonyl (C=O) groups excluding carboxylic acids is 2. The Kier molecular flexibility index (Phi) is 3.01. The van der Waals surface area contributed by atoms with Gasteiger partial charge in [0.05, 0.1) is 11.3 Å². The van der Waals surface area contributed by atoms with E-state index in [4.69, 9.17) is 5.73 Å². The number of primary amides is 1. The highest BCUT2D eigenvalue weighted by molar-refractivity contribution is 6.03. The summed E-state index contributed by atoms with van der Waals surface area (Å²) in [6.07, 6.45) is 4.62. The van der Waals surface area contributed by atoms with Crippen LogP contribution >= 0.6 is 0 Å². The highest BCUT2D eigenvalue weighted by Gasteiger charge is 2.43. The molecule has 1 aromatic rings. The minimum Gasteiger partial charge on any atom is -0.366 e. The van der Waals surface area contributed by atoms with Crippen molar-refractivity contribution in [2.45, 2.75) is 25.7 Å². The molecule has 100 valence electrons. The van der Waals surface area contributed by atoms with E-state index >= 15 is 0 Å². The minimum atomic E-state index is -0.510. The molecular formula is C15H18N2O2. The van der Waals surface area contributed by atoms with Crippen molar-refractivity contribution in [3.05, 3.63) is 29.8 Å². The quantitative estimate of drug-likeness (QED) is 0.872. The van der Waals surface area contributed by atoms with Crippen molar-refractivity contribution in [1.29, 1.82) is 0 Å². The van der Waals surface area contributed by atoms with Gasteiger partial charge in [-0.3, -0.25) is 9.59 Å². The molecule has 2 bridgehead atoms. The normalized spacial score (nSPS) is 28.3. The number of hydrogen-bond acceptors (Lipinski definition) is 2. The van der Waals surface area contributed by atoms with Gasteiger partial charge in [0.2, 0.25) is 5.91 Å². The fourth-order valence-corrected chi connectivity index (χ4v) is 3.60. The van der Waals surface area contributed by atoms with Crippen LogP contribution in [0, 0.1) is 17.8 Å².